The van der Waals surface area contributed by atoms with Crippen molar-refractivity contribution in [2.75, 3.05) is 19.6 Å². The minimum atomic E-state index is -0.974. The molecule has 2 aliphatic rings. The van der Waals surface area contributed by atoms with Gasteiger partial charge in [0.1, 0.15) is 6.04 Å². The molecule has 0 aromatic rings. The molecule has 0 radical (unpaired) electrons. The summed E-state index contributed by atoms with van der Waals surface area (Å²) in [5, 5.41) is 12.2. The number of rotatable bonds is 6. The Morgan fingerprint density at radius 2 is 1.88 bits per heavy atom. The number of piperidine rings is 1. The van der Waals surface area contributed by atoms with Gasteiger partial charge in [-0.05, 0) is 38.5 Å². The molecule has 1 heterocycles. The number of carboxylic acids is 1. The second-order valence-corrected chi connectivity index (χ2v) is 7.36. The van der Waals surface area contributed by atoms with Crippen molar-refractivity contribution in [1.82, 2.24) is 15.1 Å². The molecule has 2 unspecified atom stereocenters. The number of urea groups is 1. The quantitative estimate of drug-likeness (QED) is 0.768. The van der Waals surface area contributed by atoms with E-state index in [1.165, 1.54) is 4.90 Å². The van der Waals surface area contributed by atoms with Crippen LogP contribution in [-0.4, -0.2) is 64.5 Å². The summed E-state index contributed by atoms with van der Waals surface area (Å²) in [5.41, 5.74) is 0. The van der Waals surface area contributed by atoms with Crippen LogP contribution in [0.25, 0.3) is 0 Å². The molecular weight excluding hydrogens is 310 g/mol. The molecule has 1 saturated heterocycles. The lowest BCUT2D eigenvalue weighted by Crippen LogP contribution is -2.53. The van der Waals surface area contributed by atoms with Gasteiger partial charge in [-0.25, -0.2) is 9.59 Å². The highest BCUT2D eigenvalue weighted by molar-refractivity contribution is 5.86. The highest BCUT2D eigenvalue weighted by Crippen LogP contribution is 2.32. The molecule has 0 aromatic heterocycles. The van der Waals surface area contributed by atoms with Crippen molar-refractivity contribution in [3.05, 3.63) is 0 Å². The highest BCUT2D eigenvalue weighted by Gasteiger charge is 2.42. The van der Waals surface area contributed by atoms with Crippen molar-refractivity contribution in [3.63, 3.8) is 0 Å². The molecule has 0 aromatic carbocycles. The number of carbonyl (C=O) groups excluding carboxylic acids is 2. The van der Waals surface area contributed by atoms with Crippen LogP contribution in [-0.2, 0) is 9.59 Å². The third-order valence-corrected chi connectivity index (χ3v) is 4.69. The molecule has 0 bridgehead atoms. The molecule has 1 aliphatic carbocycles. The molecule has 24 heavy (non-hydrogen) atoms. The van der Waals surface area contributed by atoms with Gasteiger partial charge in [-0.3, -0.25) is 4.79 Å². The van der Waals surface area contributed by atoms with E-state index in [1.54, 1.807) is 11.8 Å². The van der Waals surface area contributed by atoms with Gasteiger partial charge in [0.2, 0.25) is 5.91 Å². The predicted octanol–water partition coefficient (Wildman–Crippen LogP) is 1.53. The summed E-state index contributed by atoms with van der Waals surface area (Å²) in [4.78, 5) is 39.6. The van der Waals surface area contributed by atoms with E-state index in [-0.39, 0.29) is 23.9 Å². The van der Waals surface area contributed by atoms with Crippen molar-refractivity contribution < 1.29 is 19.5 Å². The minimum absolute atomic E-state index is 0.0498. The first-order valence-electron chi connectivity index (χ1n) is 8.89. The minimum Gasteiger partial charge on any atom is -0.480 e. The highest BCUT2D eigenvalue weighted by atomic mass is 16.4. The number of carbonyl (C=O) groups is 3. The first-order chi connectivity index (χ1) is 11.3. The van der Waals surface area contributed by atoms with Gasteiger partial charge in [0.25, 0.3) is 0 Å². The molecular formula is C17H29N3O4. The summed E-state index contributed by atoms with van der Waals surface area (Å²) in [6.45, 7) is 7.25. The summed E-state index contributed by atoms with van der Waals surface area (Å²) in [7, 11) is 0. The summed E-state index contributed by atoms with van der Waals surface area (Å²) in [6, 6.07) is -0.894. The van der Waals surface area contributed by atoms with Crippen LogP contribution in [0.5, 0.6) is 0 Å². The fraction of sp³-hybridized carbons (Fsp3) is 0.824. The smallest absolute Gasteiger partial charge is 0.326 e. The van der Waals surface area contributed by atoms with Crippen LogP contribution < -0.4 is 5.32 Å². The zero-order valence-electron chi connectivity index (χ0n) is 14.8. The number of amides is 3. The van der Waals surface area contributed by atoms with E-state index < -0.39 is 12.0 Å². The van der Waals surface area contributed by atoms with Crippen molar-refractivity contribution >= 4 is 17.9 Å². The first kappa shape index (κ1) is 18.5. The van der Waals surface area contributed by atoms with Crippen LogP contribution in [0.4, 0.5) is 4.79 Å². The SMILES string of the molecule is CC(C)CNC(=O)N1CCCC(C(=O)N(C2CC2)C(C)C(=O)O)C1. The Kier molecular flexibility index (Phi) is 6.07. The topological polar surface area (TPSA) is 90.0 Å². The van der Waals surface area contributed by atoms with Crippen molar-refractivity contribution in [2.24, 2.45) is 11.8 Å². The molecule has 2 rings (SSSR count). The van der Waals surface area contributed by atoms with Crippen LogP contribution in [0.15, 0.2) is 0 Å². The molecule has 2 N–H and O–H groups in total. The molecule has 136 valence electrons. The third-order valence-electron chi connectivity index (χ3n) is 4.69. The van der Waals surface area contributed by atoms with E-state index in [4.69, 9.17) is 0 Å². The molecule has 7 nitrogen and oxygen atoms in total. The summed E-state index contributed by atoms with van der Waals surface area (Å²) >= 11 is 0. The molecule has 1 saturated carbocycles. The Morgan fingerprint density at radius 3 is 2.42 bits per heavy atom. The van der Waals surface area contributed by atoms with Gasteiger partial charge in [-0.1, -0.05) is 13.8 Å². The zero-order valence-corrected chi connectivity index (χ0v) is 14.8. The maximum Gasteiger partial charge on any atom is 0.326 e. The Hall–Kier alpha value is -1.79. The van der Waals surface area contributed by atoms with Crippen LogP contribution in [0.2, 0.25) is 0 Å². The monoisotopic (exact) mass is 339 g/mol. The van der Waals surface area contributed by atoms with E-state index in [9.17, 15) is 19.5 Å². The number of nitrogens with zero attached hydrogens (tertiary/aromatic N) is 2. The fourth-order valence-electron chi connectivity index (χ4n) is 3.14. The van der Waals surface area contributed by atoms with E-state index in [1.807, 2.05) is 13.8 Å². The lowest BCUT2D eigenvalue weighted by atomic mass is 9.96. The zero-order chi connectivity index (χ0) is 17.9. The summed E-state index contributed by atoms with van der Waals surface area (Å²) < 4.78 is 0. The average Bonchev–Trinajstić information content (AvgIpc) is 3.37. The molecule has 1 aliphatic heterocycles. The standard InChI is InChI=1S/C17H29N3O4/c1-11(2)9-18-17(24)19-8-4-5-13(10-19)15(21)20(14-6-7-14)12(3)16(22)23/h11-14H,4-10H2,1-3H3,(H,18,24)(H,22,23). The second-order valence-electron chi connectivity index (χ2n) is 7.36. The number of aliphatic carboxylic acids is 1. The van der Waals surface area contributed by atoms with Crippen molar-refractivity contribution in [2.45, 2.75) is 58.5 Å². The second kappa shape index (κ2) is 7.85. The number of likely N-dealkylation sites (tertiary alicyclic amines) is 1. The van der Waals surface area contributed by atoms with Crippen molar-refractivity contribution in [3.8, 4) is 0 Å². The van der Waals surface area contributed by atoms with Gasteiger partial charge in [0.15, 0.2) is 0 Å². The third kappa shape index (κ3) is 4.61. The van der Waals surface area contributed by atoms with E-state index in [0.717, 1.165) is 19.3 Å². The van der Waals surface area contributed by atoms with Gasteiger partial charge in [-0.15, -0.1) is 0 Å². The fourth-order valence-corrected chi connectivity index (χ4v) is 3.14. The van der Waals surface area contributed by atoms with Gasteiger partial charge in [-0.2, -0.15) is 0 Å². The van der Waals surface area contributed by atoms with Crippen LogP contribution in [0.3, 0.4) is 0 Å². The van der Waals surface area contributed by atoms with Gasteiger partial charge in [0, 0.05) is 25.7 Å². The van der Waals surface area contributed by atoms with Crippen LogP contribution in [0.1, 0.15) is 46.5 Å². The Bertz CT molecular complexity index is 490. The average molecular weight is 339 g/mol. The van der Waals surface area contributed by atoms with Gasteiger partial charge < -0.3 is 20.2 Å². The molecule has 3 amide bonds. The van der Waals surface area contributed by atoms with Gasteiger partial charge >= 0.3 is 12.0 Å². The lowest BCUT2D eigenvalue weighted by molar-refractivity contribution is -0.152. The van der Waals surface area contributed by atoms with E-state index in [2.05, 4.69) is 5.32 Å². The lowest BCUT2D eigenvalue weighted by Gasteiger charge is -2.36. The Labute approximate surface area is 143 Å². The Morgan fingerprint density at radius 1 is 1.21 bits per heavy atom. The number of hydrogen-bond donors (Lipinski definition) is 2. The molecule has 2 fully saturated rings. The largest absolute Gasteiger partial charge is 0.480 e. The Balaban J connectivity index is 1.98. The van der Waals surface area contributed by atoms with Crippen molar-refractivity contribution in [1.29, 1.82) is 0 Å². The number of carboxylic acid groups (broad SMARTS) is 1. The van der Waals surface area contributed by atoms with Crippen LogP contribution in [0, 0.1) is 11.8 Å². The normalized spacial score (nSPS) is 22.2. The molecule has 2 atom stereocenters. The molecule has 0 spiro atoms. The van der Waals surface area contributed by atoms with Gasteiger partial charge in [0.05, 0.1) is 5.92 Å². The summed E-state index contributed by atoms with van der Waals surface area (Å²) in [6.07, 6.45) is 3.22. The van der Waals surface area contributed by atoms with Crippen LogP contribution >= 0.6 is 0 Å². The van der Waals surface area contributed by atoms with E-state index in [0.29, 0.717) is 32.0 Å². The number of hydrogen-bond acceptors (Lipinski definition) is 3. The number of nitrogens with one attached hydrogen (secondary N) is 1. The maximum absolute atomic E-state index is 12.9. The maximum atomic E-state index is 12.9. The van der Waals surface area contributed by atoms with E-state index >= 15 is 0 Å². The predicted molar refractivity (Wildman–Crippen MR) is 89.5 cm³/mol. The molecule has 7 heteroatoms. The first-order valence-corrected chi connectivity index (χ1v) is 8.89. The summed E-state index contributed by atoms with van der Waals surface area (Å²) in [5.74, 6) is -1.02.